The van der Waals surface area contributed by atoms with Crippen LogP contribution in [0.3, 0.4) is 0 Å². The number of rotatable bonds is 7. The number of carbonyl (C=O) groups excluding carboxylic acids is 1. The van der Waals surface area contributed by atoms with Crippen molar-refractivity contribution < 1.29 is 18.1 Å². The van der Waals surface area contributed by atoms with Gasteiger partial charge in [0.2, 0.25) is 15.9 Å². The first kappa shape index (κ1) is 20.6. The molecule has 0 aromatic heterocycles. The number of nitrogens with zero attached hydrogens (tertiary/aromatic N) is 1. The van der Waals surface area contributed by atoms with E-state index in [0.29, 0.717) is 16.3 Å². The van der Waals surface area contributed by atoms with E-state index in [1.165, 1.54) is 19.2 Å². The van der Waals surface area contributed by atoms with Gasteiger partial charge in [0.15, 0.2) is 0 Å². The van der Waals surface area contributed by atoms with Gasteiger partial charge in [-0.2, -0.15) is 0 Å². The number of carbonyl (C=O) groups is 1. The Labute approximate surface area is 160 Å². The van der Waals surface area contributed by atoms with Crippen LogP contribution in [0.5, 0.6) is 0 Å². The van der Waals surface area contributed by atoms with Crippen molar-refractivity contribution in [3.8, 4) is 0 Å². The fourth-order valence-corrected chi connectivity index (χ4v) is 3.13. The van der Waals surface area contributed by atoms with Crippen LogP contribution in [0.4, 0.5) is 17.1 Å². The van der Waals surface area contributed by atoms with Gasteiger partial charge in [0, 0.05) is 16.8 Å². The van der Waals surface area contributed by atoms with E-state index in [-0.39, 0.29) is 17.1 Å². The summed E-state index contributed by atoms with van der Waals surface area (Å²) in [4.78, 5) is 22.4. The zero-order valence-corrected chi connectivity index (χ0v) is 16.0. The molecule has 2 rings (SSSR count). The van der Waals surface area contributed by atoms with Gasteiger partial charge >= 0.3 is 0 Å². The molecule has 0 saturated heterocycles. The molecule has 0 radical (unpaired) electrons. The quantitative estimate of drug-likeness (QED) is 0.473. The zero-order valence-electron chi connectivity index (χ0n) is 14.4. The summed E-state index contributed by atoms with van der Waals surface area (Å²) in [7, 11) is -2.62. The van der Waals surface area contributed by atoms with Crippen molar-refractivity contribution in [2.75, 3.05) is 24.2 Å². The predicted molar refractivity (Wildman–Crippen MR) is 103 cm³/mol. The minimum atomic E-state index is -3.83. The van der Waals surface area contributed by atoms with E-state index in [0.717, 1.165) is 6.07 Å². The first-order chi connectivity index (χ1) is 12.7. The van der Waals surface area contributed by atoms with Crippen molar-refractivity contribution in [1.82, 2.24) is 4.72 Å². The topological polar surface area (TPSA) is 130 Å². The molecule has 1 amide bonds. The normalized spacial score (nSPS) is 11.1. The van der Waals surface area contributed by atoms with E-state index < -0.39 is 26.5 Å². The zero-order chi connectivity index (χ0) is 20.2. The number of anilines is 2. The summed E-state index contributed by atoms with van der Waals surface area (Å²) < 4.78 is 25.7. The third-order valence-electron chi connectivity index (χ3n) is 3.73. The smallest absolute Gasteiger partial charge is 0.293 e. The van der Waals surface area contributed by atoms with Gasteiger partial charge in [-0.25, -0.2) is 13.1 Å². The Morgan fingerprint density at radius 3 is 2.56 bits per heavy atom. The number of hydrogen-bond donors (Lipinski definition) is 3. The Bertz CT molecular complexity index is 994. The molecule has 3 N–H and O–H groups in total. The Hall–Kier alpha value is -2.69. The first-order valence-electron chi connectivity index (χ1n) is 7.66. The second-order valence-electron chi connectivity index (χ2n) is 5.46. The standard InChI is InChI=1S/C16H17ClN4O5S/c1-10-12(17)4-3-5-13(10)20-16(22)9-19-14-7-6-11(27(25,26)18-2)8-15(14)21(23)24/h3-8,18-19H,9H2,1-2H3,(H,20,22). The monoisotopic (exact) mass is 412 g/mol. The van der Waals surface area contributed by atoms with Gasteiger partial charge in [-0.15, -0.1) is 0 Å². The number of nitro benzene ring substituents is 1. The van der Waals surface area contributed by atoms with E-state index in [1.54, 1.807) is 25.1 Å². The third-order valence-corrected chi connectivity index (χ3v) is 5.55. The molecule has 0 atom stereocenters. The summed E-state index contributed by atoms with van der Waals surface area (Å²) in [6.07, 6.45) is 0. The van der Waals surface area contributed by atoms with Crippen molar-refractivity contribution in [2.45, 2.75) is 11.8 Å². The SMILES string of the molecule is CNS(=O)(=O)c1ccc(NCC(=O)Nc2cccc(Cl)c2C)c([N+](=O)[O-])c1. The van der Waals surface area contributed by atoms with Crippen molar-refractivity contribution in [2.24, 2.45) is 0 Å². The molecule has 2 aromatic carbocycles. The maximum absolute atomic E-state index is 12.1. The lowest BCUT2D eigenvalue weighted by Crippen LogP contribution is -2.23. The molecule has 0 aliphatic rings. The van der Waals surface area contributed by atoms with Crippen molar-refractivity contribution in [3.05, 3.63) is 57.1 Å². The predicted octanol–water partition coefficient (Wildman–Crippen LogP) is 2.52. The Kier molecular flexibility index (Phi) is 6.37. The second-order valence-corrected chi connectivity index (χ2v) is 7.75. The highest BCUT2D eigenvalue weighted by molar-refractivity contribution is 7.89. The van der Waals surface area contributed by atoms with Crippen LogP contribution in [0, 0.1) is 17.0 Å². The van der Waals surface area contributed by atoms with E-state index in [9.17, 15) is 23.3 Å². The van der Waals surface area contributed by atoms with Crippen LogP contribution in [0.15, 0.2) is 41.3 Å². The summed E-state index contributed by atoms with van der Waals surface area (Å²) in [5.41, 5.74) is 0.783. The maximum Gasteiger partial charge on any atom is 0.293 e. The highest BCUT2D eigenvalue weighted by Crippen LogP contribution is 2.27. The highest BCUT2D eigenvalue weighted by Gasteiger charge is 2.20. The Morgan fingerprint density at radius 1 is 1.22 bits per heavy atom. The molecule has 27 heavy (non-hydrogen) atoms. The van der Waals surface area contributed by atoms with Crippen molar-refractivity contribution in [1.29, 1.82) is 0 Å². The van der Waals surface area contributed by atoms with Crippen LogP contribution in [-0.4, -0.2) is 32.8 Å². The van der Waals surface area contributed by atoms with Crippen LogP contribution in [0.25, 0.3) is 0 Å². The van der Waals surface area contributed by atoms with Gasteiger partial charge in [-0.05, 0) is 43.8 Å². The summed E-state index contributed by atoms with van der Waals surface area (Å²) in [6, 6.07) is 8.42. The third kappa shape index (κ3) is 4.94. The fraction of sp³-hybridized carbons (Fsp3) is 0.188. The molecule has 0 aliphatic carbocycles. The molecule has 0 heterocycles. The van der Waals surface area contributed by atoms with Gasteiger partial charge in [-0.1, -0.05) is 17.7 Å². The molecule has 0 bridgehead atoms. The lowest BCUT2D eigenvalue weighted by molar-refractivity contribution is -0.384. The summed E-state index contributed by atoms with van der Waals surface area (Å²) in [6.45, 7) is 1.49. The molecule has 0 spiro atoms. The fourth-order valence-electron chi connectivity index (χ4n) is 2.21. The van der Waals surface area contributed by atoms with E-state index in [2.05, 4.69) is 15.4 Å². The number of nitrogens with one attached hydrogen (secondary N) is 3. The molecular weight excluding hydrogens is 396 g/mol. The van der Waals surface area contributed by atoms with Crippen LogP contribution < -0.4 is 15.4 Å². The molecule has 0 fully saturated rings. The molecule has 0 aliphatic heterocycles. The summed E-state index contributed by atoms with van der Waals surface area (Å²) in [5, 5.41) is 17.0. The average molecular weight is 413 g/mol. The minimum absolute atomic E-state index is 0.0213. The maximum atomic E-state index is 12.1. The van der Waals surface area contributed by atoms with Gasteiger partial charge in [0.25, 0.3) is 5.69 Å². The first-order valence-corrected chi connectivity index (χ1v) is 9.52. The van der Waals surface area contributed by atoms with Gasteiger partial charge in [0.1, 0.15) is 5.69 Å². The molecule has 0 saturated carbocycles. The van der Waals surface area contributed by atoms with Crippen LogP contribution >= 0.6 is 11.6 Å². The summed E-state index contributed by atoms with van der Waals surface area (Å²) in [5.74, 6) is -0.443. The van der Waals surface area contributed by atoms with Crippen LogP contribution in [-0.2, 0) is 14.8 Å². The van der Waals surface area contributed by atoms with Gasteiger partial charge in [0.05, 0.1) is 16.4 Å². The average Bonchev–Trinajstić information content (AvgIpc) is 2.63. The highest BCUT2D eigenvalue weighted by atomic mass is 35.5. The van der Waals surface area contributed by atoms with E-state index in [4.69, 9.17) is 11.6 Å². The van der Waals surface area contributed by atoms with E-state index >= 15 is 0 Å². The summed E-state index contributed by atoms with van der Waals surface area (Å²) >= 11 is 5.99. The van der Waals surface area contributed by atoms with Gasteiger partial charge in [-0.3, -0.25) is 14.9 Å². The molecule has 2 aromatic rings. The Morgan fingerprint density at radius 2 is 1.93 bits per heavy atom. The molecular formula is C16H17ClN4O5S. The van der Waals surface area contributed by atoms with E-state index in [1.807, 2.05) is 0 Å². The number of halogens is 1. The van der Waals surface area contributed by atoms with Crippen LogP contribution in [0.2, 0.25) is 5.02 Å². The van der Waals surface area contributed by atoms with Crippen LogP contribution in [0.1, 0.15) is 5.56 Å². The number of benzene rings is 2. The molecule has 144 valence electrons. The lowest BCUT2D eigenvalue weighted by Gasteiger charge is -2.11. The van der Waals surface area contributed by atoms with Crippen molar-refractivity contribution in [3.63, 3.8) is 0 Å². The number of amides is 1. The number of hydrogen-bond acceptors (Lipinski definition) is 6. The largest absolute Gasteiger partial charge is 0.371 e. The van der Waals surface area contributed by atoms with Crippen molar-refractivity contribution >= 4 is 44.6 Å². The lowest BCUT2D eigenvalue weighted by atomic mass is 10.2. The molecule has 11 heteroatoms. The number of nitro groups is 1. The van der Waals surface area contributed by atoms with Gasteiger partial charge < -0.3 is 10.6 Å². The molecule has 0 unspecified atom stereocenters. The minimum Gasteiger partial charge on any atom is -0.371 e. The second kappa shape index (κ2) is 8.33. The Balaban J connectivity index is 2.16. The molecule has 9 nitrogen and oxygen atoms in total. The number of sulfonamides is 1.